The van der Waals surface area contributed by atoms with Gasteiger partial charge in [0.25, 0.3) is 0 Å². The topological polar surface area (TPSA) is 8.17 Å². The number of hydrogen-bond donors (Lipinski definition) is 0. The molecule has 0 saturated carbocycles. The van der Waals surface area contributed by atoms with Crippen LogP contribution in [-0.4, -0.2) is 4.57 Å². The molecule has 0 aliphatic heterocycles. The Kier molecular flexibility index (Phi) is 8.25. The summed E-state index contributed by atoms with van der Waals surface area (Å²) in [7, 11) is 0. The summed E-state index contributed by atoms with van der Waals surface area (Å²) >= 11 is 0. The lowest BCUT2D eigenvalue weighted by Crippen LogP contribution is -2.10. The van der Waals surface area contributed by atoms with E-state index < -0.39 is 0 Å². The Labute approximate surface area is 371 Å². The highest BCUT2D eigenvalue weighted by atomic mass is 15.1. The van der Waals surface area contributed by atoms with Gasteiger partial charge < -0.3 is 9.47 Å². The maximum Gasteiger partial charge on any atom is 0.0553 e. The molecule has 0 bridgehead atoms. The zero-order valence-electron chi connectivity index (χ0n) is 35.0. The lowest BCUT2D eigenvalue weighted by molar-refractivity contribution is 1.18. The van der Waals surface area contributed by atoms with Gasteiger partial charge in [0.1, 0.15) is 0 Å². The second kappa shape index (κ2) is 14.6. The van der Waals surface area contributed by atoms with E-state index in [4.69, 9.17) is 0 Å². The minimum Gasteiger partial charge on any atom is -0.310 e. The van der Waals surface area contributed by atoms with E-state index in [0.29, 0.717) is 0 Å². The van der Waals surface area contributed by atoms with Crippen molar-refractivity contribution in [2.75, 3.05) is 4.90 Å². The van der Waals surface area contributed by atoms with Crippen LogP contribution in [0, 0.1) is 0 Å². The molecular weight excluding hydrogens is 773 g/mol. The third kappa shape index (κ3) is 5.81. The molecular formula is C62H40N2. The molecule has 2 heteroatoms. The highest BCUT2D eigenvalue weighted by Crippen LogP contribution is 2.46. The first kappa shape index (κ1) is 36.2. The van der Waals surface area contributed by atoms with E-state index in [-0.39, 0.29) is 0 Å². The first-order valence-corrected chi connectivity index (χ1v) is 22.1. The van der Waals surface area contributed by atoms with Gasteiger partial charge in [-0.05, 0) is 143 Å². The Morgan fingerprint density at radius 3 is 1.55 bits per heavy atom. The monoisotopic (exact) mass is 812 g/mol. The van der Waals surface area contributed by atoms with Crippen molar-refractivity contribution in [3.63, 3.8) is 0 Å². The number of nitrogens with zero attached hydrogens (tertiary/aromatic N) is 2. The Morgan fingerprint density at radius 1 is 0.266 bits per heavy atom. The molecule has 64 heavy (non-hydrogen) atoms. The molecule has 1 heterocycles. The van der Waals surface area contributed by atoms with Gasteiger partial charge in [-0.15, -0.1) is 0 Å². The fourth-order valence-electron chi connectivity index (χ4n) is 10.3. The number of para-hydroxylation sites is 2. The van der Waals surface area contributed by atoms with E-state index in [9.17, 15) is 0 Å². The normalized spacial score (nSPS) is 11.8. The molecule has 1 aromatic heterocycles. The maximum atomic E-state index is 2.43. The van der Waals surface area contributed by atoms with Crippen LogP contribution < -0.4 is 4.90 Å². The summed E-state index contributed by atoms with van der Waals surface area (Å²) in [6.07, 6.45) is 0. The summed E-state index contributed by atoms with van der Waals surface area (Å²) < 4.78 is 2.43. The van der Waals surface area contributed by atoms with Crippen molar-refractivity contribution in [1.29, 1.82) is 0 Å². The molecule has 298 valence electrons. The van der Waals surface area contributed by atoms with Crippen molar-refractivity contribution < 1.29 is 0 Å². The van der Waals surface area contributed by atoms with E-state index in [1.807, 2.05) is 0 Å². The average Bonchev–Trinajstić information content (AvgIpc) is 3.69. The predicted molar refractivity (Wildman–Crippen MR) is 274 cm³/mol. The highest BCUT2D eigenvalue weighted by molar-refractivity contribution is 6.23. The van der Waals surface area contributed by atoms with Crippen LogP contribution in [0.3, 0.4) is 0 Å². The molecule has 13 rings (SSSR count). The molecule has 12 aromatic carbocycles. The lowest BCUT2D eigenvalue weighted by Gasteiger charge is -2.27. The predicted octanol–water partition coefficient (Wildman–Crippen LogP) is 17.4. The number of benzene rings is 12. The molecule has 0 aliphatic rings. The van der Waals surface area contributed by atoms with E-state index >= 15 is 0 Å². The zero-order valence-corrected chi connectivity index (χ0v) is 35.0. The van der Waals surface area contributed by atoms with Crippen LogP contribution in [0.5, 0.6) is 0 Å². The highest BCUT2D eigenvalue weighted by Gasteiger charge is 2.21. The number of aromatic nitrogens is 1. The first-order chi connectivity index (χ1) is 31.7. The van der Waals surface area contributed by atoms with Crippen molar-refractivity contribution in [3.05, 3.63) is 243 Å². The van der Waals surface area contributed by atoms with Crippen molar-refractivity contribution in [2.45, 2.75) is 0 Å². The van der Waals surface area contributed by atoms with Crippen LogP contribution in [0.15, 0.2) is 243 Å². The van der Waals surface area contributed by atoms with Crippen LogP contribution >= 0.6 is 0 Å². The van der Waals surface area contributed by atoms with Gasteiger partial charge in [0.2, 0.25) is 0 Å². The molecule has 0 fully saturated rings. The van der Waals surface area contributed by atoms with Crippen LogP contribution in [0.4, 0.5) is 17.1 Å². The lowest BCUT2D eigenvalue weighted by atomic mass is 9.92. The summed E-state index contributed by atoms with van der Waals surface area (Å²) in [6.45, 7) is 0. The smallest absolute Gasteiger partial charge is 0.0553 e. The van der Waals surface area contributed by atoms with Crippen molar-refractivity contribution >= 4 is 92.7 Å². The van der Waals surface area contributed by atoms with E-state index in [1.165, 1.54) is 97.9 Å². The molecule has 0 aliphatic carbocycles. The third-order valence-corrected chi connectivity index (χ3v) is 13.3. The minimum absolute atomic E-state index is 1.09. The summed E-state index contributed by atoms with van der Waals surface area (Å²) in [5, 5.41) is 15.0. The molecule has 0 saturated heterocycles. The van der Waals surface area contributed by atoms with E-state index in [0.717, 1.165) is 22.7 Å². The molecule has 13 aromatic rings. The fourth-order valence-corrected chi connectivity index (χ4v) is 10.3. The van der Waals surface area contributed by atoms with Gasteiger partial charge in [-0.2, -0.15) is 0 Å². The zero-order chi connectivity index (χ0) is 42.1. The van der Waals surface area contributed by atoms with Gasteiger partial charge in [-0.1, -0.05) is 176 Å². The van der Waals surface area contributed by atoms with Gasteiger partial charge in [0, 0.05) is 33.5 Å². The van der Waals surface area contributed by atoms with E-state index in [2.05, 4.69) is 252 Å². The SMILES string of the molecule is c1ccc(-n2c3ccccc3c3c(-c4cccc(N(c5ccc(-c6ccc7c(ccc8ccccc87)c6)cc5)c5ccc6c(ccc7ccccc76)c5)c4)c4ccccc4cc32)cc1. The Morgan fingerprint density at radius 2 is 0.797 bits per heavy atom. The van der Waals surface area contributed by atoms with Gasteiger partial charge >= 0.3 is 0 Å². The van der Waals surface area contributed by atoms with Gasteiger partial charge in [0.15, 0.2) is 0 Å². The quantitative estimate of drug-likeness (QED) is 0.152. The molecule has 0 N–H and O–H groups in total. The molecule has 0 amide bonds. The molecule has 0 unspecified atom stereocenters. The first-order valence-electron chi connectivity index (χ1n) is 22.1. The van der Waals surface area contributed by atoms with Crippen molar-refractivity contribution in [3.8, 4) is 27.9 Å². The molecule has 0 spiro atoms. The number of fused-ring (bicyclic) bond motifs is 10. The Hall–Kier alpha value is -8.46. The fraction of sp³-hybridized carbons (Fsp3) is 0. The number of rotatable bonds is 6. The average molecular weight is 813 g/mol. The maximum absolute atomic E-state index is 2.43. The van der Waals surface area contributed by atoms with Crippen LogP contribution in [-0.2, 0) is 0 Å². The number of anilines is 3. The Bertz CT molecular complexity index is 3950. The van der Waals surface area contributed by atoms with Gasteiger partial charge in [-0.25, -0.2) is 0 Å². The summed E-state index contributed by atoms with van der Waals surface area (Å²) in [5.74, 6) is 0. The van der Waals surface area contributed by atoms with E-state index in [1.54, 1.807) is 0 Å². The van der Waals surface area contributed by atoms with Gasteiger partial charge in [-0.3, -0.25) is 0 Å². The molecule has 2 nitrogen and oxygen atoms in total. The third-order valence-electron chi connectivity index (χ3n) is 13.3. The Balaban J connectivity index is 1.00. The van der Waals surface area contributed by atoms with Gasteiger partial charge in [0.05, 0.1) is 11.0 Å². The van der Waals surface area contributed by atoms with Crippen LogP contribution in [0.25, 0.3) is 104 Å². The second-order valence-corrected chi connectivity index (χ2v) is 16.9. The largest absolute Gasteiger partial charge is 0.310 e. The second-order valence-electron chi connectivity index (χ2n) is 16.9. The minimum atomic E-state index is 1.09. The summed E-state index contributed by atoms with van der Waals surface area (Å²) in [6, 6.07) is 89.2. The summed E-state index contributed by atoms with van der Waals surface area (Å²) in [5.41, 5.74) is 11.6. The standard InChI is InChI=1S/C62H40N2/c1-2-17-49(18-3-1)64-59-24-11-10-23-58(59)62-60(64)40-45-15-6-9-22-57(45)61(62)48-16-12-19-51(39-48)63(52-34-36-56-47(38-52)28-26-43-14-5-8-21-54(43)56)50-32-29-41(30-33-50)44-31-35-55-46(37-44)27-25-42-13-4-7-20-53(42)55/h1-40H. The van der Waals surface area contributed by atoms with Crippen LogP contribution in [0.1, 0.15) is 0 Å². The molecule has 0 radical (unpaired) electrons. The number of hydrogen-bond acceptors (Lipinski definition) is 1. The van der Waals surface area contributed by atoms with Crippen molar-refractivity contribution in [2.24, 2.45) is 0 Å². The van der Waals surface area contributed by atoms with Crippen molar-refractivity contribution in [1.82, 2.24) is 4.57 Å². The van der Waals surface area contributed by atoms with Crippen LogP contribution in [0.2, 0.25) is 0 Å². The molecule has 0 atom stereocenters. The summed E-state index contributed by atoms with van der Waals surface area (Å²) in [4.78, 5) is 2.42.